The maximum absolute atomic E-state index is 12.7. The molecule has 150 valence electrons. The lowest BCUT2D eigenvalue weighted by molar-refractivity contribution is -0.115. The molecule has 0 fully saturated rings. The van der Waals surface area contributed by atoms with Crippen LogP contribution in [0.2, 0.25) is 0 Å². The summed E-state index contributed by atoms with van der Waals surface area (Å²) in [4.78, 5) is 27.7. The van der Waals surface area contributed by atoms with Gasteiger partial charge in [-0.05, 0) is 23.6 Å². The van der Waals surface area contributed by atoms with Crippen LogP contribution in [0.25, 0.3) is 0 Å². The number of hydrogen-bond donors (Lipinski definition) is 1. The van der Waals surface area contributed by atoms with Crippen LogP contribution in [0.4, 0.5) is 11.5 Å². The molecule has 1 amide bonds. The summed E-state index contributed by atoms with van der Waals surface area (Å²) in [6, 6.07) is 11.0. The number of fused-ring (bicyclic) bond motifs is 1. The van der Waals surface area contributed by atoms with E-state index in [1.165, 1.54) is 7.11 Å². The van der Waals surface area contributed by atoms with Crippen molar-refractivity contribution in [3.63, 3.8) is 0 Å². The lowest BCUT2D eigenvalue weighted by Crippen LogP contribution is -2.39. The van der Waals surface area contributed by atoms with Crippen molar-refractivity contribution in [2.24, 2.45) is 0 Å². The van der Waals surface area contributed by atoms with Crippen molar-refractivity contribution in [3.8, 4) is 5.75 Å². The largest absolute Gasteiger partial charge is 0.489 e. The topological polar surface area (TPSA) is 85.7 Å². The Hall–Kier alpha value is -3.33. The zero-order chi connectivity index (χ0) is 20.2. The van der Waals surface area contributed by atoms with Crippen LogP contribution in [-0.4, -0.2) is 48.5 Å². The number of hydrogen-bond acceptors (Lipinski definition) is 7. The molecular weight excluding hydrogens is 392 g/mol. The smallest absolute Gasteiger partial charge is 0.341 e. The van der Waals surface area contributed by atoms with E-state index in [0.29, 0.717) is 42.5 Å². The molecule has 1 aliphatic heterocycles. The maximum atomic E-state index is 12.7. The molecule has 0 radical (unpaired) electrons. The van der Waals surface area contributed by atoms with Gasteiger partial charge in [-0.25, -0.2) is 9.48 Å². The summed E-state index contributed by atoms with van der Waals surface area (Å²) in [5.74, 6) is 0.446. The molecule has 0 saturated heterocycles. The van der Waals surface area contributed by atoms with Gasteiger partial charge in [-0.2, -0.15) is 5.10 Å². The van der Waals surface area contributed by atoms with Gasteiger partial charge in [0.2, 0.25) is 5.91 Å². The lowest BCUT2D eigenvalue weighted by atomic mass is 10.1. The van der Waals surface area contributed by atoms with E-state index in [-0.39, 0.29) is 12.5 Å². The highest BCUT2D eigenvalue weighted by Crippen LogP contribution is 2.35. The van der Waals surface area contributed by atoms with Gasteiger partial charge in [-0.15, -0.1) is 11.3 Å². The second-order valence-electron chi connectivity index (χ2n) is 6.42. The predicted octanol–water partition coefficient (Wildman–Crippen LogP) is 2.62. The Morgan fingerprint density at radius 1 is 1.28 bits per heavy atom. The first-order valence-corrected chi connectivity index (χ1v) is 9.97. The number of aromatic nitrogens is 2. The fourth-order valence-corrected chi connectivity index (χ4v) is 3.90. The molecule has 4 rings (SSSR count). The van der Waals surface area contributed by atoms with E-state index in [2.05, 4.69) is 10.4 Å². The van der Waals surface area contributed by atoms with Crippen LogP contribution in [0.1, 0.15) is 15.2 Å². The lowest BCUT2D eigenvalue weighted by Gasteiger charge is -2.31. The van der Waals surface area contributed by atoms with Gasteiger partial charge in [0.25, 0.3) is 0 Å². The molecule has 0 atom stereocenters. The average molecular weight is 412 g/mol. The van der Waals surface area contributed by atoms with Crippen LogP contribution in [0.3, 0.4) is 0 Å². The minimum absolute atomic E-state index is 0.130. The number of carbonyl (C=O) groups is 2. The molecule has 3 aromatic rings. The van der Waals surface area contributed by atoms with Crippen molar-refractivity contribution < 1.29 is 19.1 Å². The third-order valence-electron chi connectivity index (χ3n) is 4.55. The molecule has 0 aliphatic carbocycles. The standard InChI is InChI=1S/C20H20N4O4S/c1-27-20(26)15-5-2-6-16-19(15)28-10-9-23(16)13-18(25)22-17-7-8-21-24(17)12-14-4-3-11-29-14/h2-8,11H,9-10,12-13H2,1H3,(H,22,25). The second kappa shape index (κ2) is 8.36. The Morgan fingerprint density at radius 3 is 2.97 bits per heavy atom. The number of esters is 1. The average Bonchev–Trinajstić information content (AvgIpc) is 3.40. The van der Waals surface area contributed by atoms with Crippen molar-refractivity contribution in [3.05, 3.63) is 58.4 Å². The molecule has 1 N–H and O–H groups in total. The number of thiophene rings is 1. The van der Waals surface area contributed by atoms with Gasteiger partial charge in [0, 0.05) is 10.9 Å². The van der Waals surface area contributed by atoms with Gasteiger partial charge in [0.05, 0.1) is 38.6 Å². The van der Waals surface area contributed by atoms with Gasteiger partial charge >= 0.3 is 5.97 Å². The van der Waals surface area contributed by atoms with Gasteiger partial charge in [0.1, 0.15) is 18.0 Å². The summed E-state index contributed by atoms with van der Waals surface area (Å²) >= 11 is 1.64. The van der Waals surface area contributed by atoms with Gasteiger partial charge < -0.3 is 19.7 Å². The molecule has 8 nitrogen and oxygen atoms in total. The van der Waals surface area contributed by atoms with Gasteiger partial charge in [-0.1, -0.05) is 12.1 Å². The number of nitrogens with zero attached hydrogens (tertiary/aromatic N) is 3. The van der Waals surface area contributed by atoms with Crippen LogP contribution in [0, 0.1) is 0 Å². The molecule has 1 aromatic carbocycles. The molecule has 1 aliphatic rings. The molecular formula is C20H20N4O4S. The molecule has 0 spiro atoms. The summed E-state index contributed by atoms with van der Waals surface area (Å²) in [5.41, 5.74) is 1.05. The van der Waals surface area contributed by atoms with E-state index >= 15 is 0 Å². The molecule has 0 bridgehead atoms. The number of methoxy groups -OCH3 is 1. The van der Waals surface area contributed by atoms with Crippen molar-refractivity contribution in [2.45, 2.75) is 6.54 Å². The number of anilines is 2. The fourth-order valence-electron chi connectivity index (χ4n) is 3.21. The minimum Gasteiger partial charge on any atom is -0.489 e. The summed E-state index contributed by atoms with van der Waals surface area (Å²) in [6.45, 7) is 1.65. The third-order valence-corrected chi connectivity index (χ3v) is 5.41. The minimum atomic E-state index is -0.467. The fraction of sp³-hybridized carbons (Fsp3) is 0.250. The Kier molecular flexibility index (Phi) is 5.48. The highest BCUT2D eigenvalue weighted by Gasteiger charge is 2.25. The Bertz CT molecular complexity index is 1020. The van der Waals surface area contributed by atoms with Crippen LogP contribution in [0.15, 0.2) is 48.0 Å². The third kappa shape index (κ3) is 4.09. The summed E-state index contributed by atoms with van der Waals surface area (Å²) < 4.78 is 12.3. The van der Waals surface area contributed by atoms with E-state index in [4.69, 9.17) is 9.47 Å². The van der Waals surface area contributed by atoms with Crippen LogP contribution in [0.5, 0.6) is 5.75 Å². The maximum Gasteiger partial charge on any atom is 0.341 e. The highest BCUT2D eigenvalue weighted by molar-refractivity contribution is 7.09. The first-order valence-electron chi connectivity index (χ1n) is 9.09. The molecule has 3 heterocycles. The van der Waals surface area contributed by atoms with Crippen LogP contribution >= 0.6 is 11.3 Å². The summed E-state index contributed by atoms with van der Waals surface area (Å²) in [7, 11) is 1.33. The van der Waals surface area contributed by atoms with E-state index in [0.717, 1.165) is 4.88 Å². The van der Waals surface area contributed by atoms with Gasteiger partial charge in [0.15, 0.2) is 5.75 Å². The van der Waals surface area contributed by atoms with Crippen LogP contribution < -0.4 is 15.0 Å². The SMILES string of the molecule is COC(=O)c1cccc2c1OCCN2CC(=O)Nc1ccnn1Cc1cccs1. The number of para-hydroxylation sites is 1. The van der Waals surface area contributed by atoms with Gasteiger partial charge in [-0.3, -0.25) is 4.79 Å². The normalized spacial score (nSPS) is 12.8. The van der Waals surface area contributed by atoms with Crippen molar-refractivity contribution in [1.29, 1.82) is 0 Å². The first-order chi connectivity index (χ1) is 14.2. The molecule has 0 saturated carbocycles. The van der Waals surface area contributed by atoms with E-state index in [1.54, 1.807) is 40.4 Å². The number of rotatable bonds is 6. The van der Waals surface area contributed by atoms with Crippen molar-refractivity contribution >= 4 is 34.7 Å². The van der Waals surface area contributed by atoms with Crippen molar-refractivity contribution in [2.75, 3.05) is 37.0 Å². The monoisotopic (exact) mass is 412 g/mol. The van der Waals surface area contributed by atoms with Crippen molar-refractivity contribution in [1.82, 2.24) is 9.78 Å². The quantitative estimate of drug-likeness (QED) is 0.627. The number of benzene rings is 1. The van der Waals surface area contributed by atoms with E-state index < -0.39 is 5.97 Å². The number of nitrogens with one attached hydrogen (secondary N) is 1. The molecule has 0 unspecified atom stereocenters. The van der Waals surface area contributed by atoms with Crippen LogP contribution in [-0.2, 0) is 16.1 Å². The number of carbonyl (C=O) groups excluding carboxylic acids is 2. The Morgan fingerprint density at radius 2 is 2.17 bits per heavy atom. The summed E-state index contributed by atoms with van der Waals surface area (Å²) in [6.07, 6.45) is 1.66. The van der Waals surface area contributed by atoms with E-state index in [9.17, 15) is 9.59 Å². The predicted molar refractivity (Wildman–Crippen MR) is 110 cm³/mol. The first kappa shape index (κ1) is 19.0. The molecule has 2 aromatic heterocycles. The Balaban J connectivity index is 1.47. The molecule has 29 heavy (non-hydrogen) atoms. The zero-order valence-electron chi connectivity index (χ0n) is 15.8. The number of amides is 1. The molecule has 9 heteroatoms. The number of ether oxygens (including phenoxy) is 2. The highest BCUT2D eigenvalue weighted by atomic mass is 32.1. The summed E-state index contributed by atoms with van der Waals surface area (Å²) in [5, 5.41) is 9.22. The van der Waals surface area contributed by atoms with E-state index in [1.807, 2.05) is 28.5 Å². The second-order valence-corrected chi connectivity index (χ2v) is 7.45. The Labute approximate surface area is 171 Å². The zero-order valence-corrected chi connectivity index (χ0v) is 16.6.